The number of aryl methyl sites for hydroxylation is 1. The highest BCUT2D eigenvalue weighted by Crippen LogP contribution is 2.22. The van der Waals surface area contributed by atoms with Crippen LogP contribution in [0.5, 0.6) is 0 Å². The predicted octanol–water partition coefficient (Wildman–Crippen LogP) is 3.32. The molecule has 0 aliphatic carbocycles. The standard InChI is InChI=1S/C14H11ClN2O2S/c1-10-2-7-13(8-14(10)15)20(18,19)17-12-5-3-11(9-16)4-6-12/h2-8,17H,1H3. The molecule has 20 heavy (non-hydrogen) atoms. The van der Waals surface area contributed by atoms with Crippen molar-refractivity contribution in [2.24, 2.45) is 0 Å². The Bertz CT molecular complexity index is 778. The molecule has 0 saturated carbocycles. The highest BCUT2D eigenvalue weighted by Gasteiger charge is 2.15. The Balaban J connectivity index is 2.30. The maximum Gasteiger partial charge on any atom is 0.261 e. The first-order valence-electron chi connectivity index (χ1n) is 5.71. The molecule has 0 heterocycles. The third-order valence-corrected chi connectivity index (χ3v) is 4.51. The largest absolute Gasteiger partial charge is 0.280 e. The van der Waals surface area contributed by atoms with Crippen LogP contribution in [-0.4, -0.2) is 8.42 Å². The van der Waals surface area contributed by atoms with E-state index in [2.05, 4.69) is 4.72 Å². The molecule has 0 fully saturated rings. The molecule has 2 rings (SSSR count). The number of anilines is 1. The monoisotopic (exact) mass is 306 g/mol. The fourth-order valence-electron chi connectivity index (χ4n) is 1.57. The van der Waals surface area contributed by atoms with Gasteiger partial charge in [0.05, 0.1) is 16.5 Å². The molecule has 0 aliphatic rings. The molecule has 0 aliphatic heterocycles. The quantitative estimate of drug-likeness (QED) is 0.945. The number of rotatable bonds is 3. The second-order valence-electron chi connectivity index (χ2n) is 4.21. The summed E-state index contributed by atoms with van der Waals surface area (Å²) in [5.41, 5.74) is 1.66. The fraction of sp³-hybridized carbons (Fsp3) is 0.0714. The van der Waals surface area contributed by atoms with Gasteiger partial charge in [-0.25, -0.2) is 8.42 Å². The lowest BCUT2D eigenvalue weighted by atomic mass is 10.2. The normalized spacial score (nSPS) is 10.8. The SMILES string of the molecule is Cc1ccc(S(=O)(=O)Nc2ccc(C#N)cc2)cc1Cl. The van der Waals surface area contributed by atoms with Crippen molar-refractivity contribution in [3.05, 3.63) is 58.6 Å². The highest BCUT2D eigenvalue weighted by molar-refractivity contribution is 7.92. The van der Waals surface area contributed by atoms with Crippen LogP contribution in [0.4, 0.5) is 5.69 Å². The molecule has 2 aromatic rings. The molecule has 0 aromatic heterocycles. The van der Waals surface area contributed by atoms with Crippen molar-refractivity contribution in [2.75, 3.05) is 4.72 Å². The Labute approximate surface area is 122 Å². The minimum Gasteiger partial charge on any atom is -0.280 e. The van der Waals surface area contributed by atoms with Crippen LogP contribution < -0.4 is 4.72 Å². The van der Waals surface area contributed by atoms with Gasteiger partial charge in [-0.1, -0.05) is 17.7 Å². The lowest BCUT2D eigenvalue weighted by molar-refractivity contribution is 0.601. The molecule has 0 atom stereocenters. The smallest absolute Gasteiger partial charge is 0.261 e. The van der Waals surface area contributed by atoms with Gasteiger partial charge in [-0.15, -0.1) is 0 Å². The van der Waals surface area contributed by atoms with Crippen molar-refractivity contribution >= 4 is 27.3 Å². The van der Waals surface area contributed by atoms with Crippen LogP contribution in [0.15, 0.2) is 47.4 Å². The number of nitriles is 1. The molecule has 4 nitrogen and oxygen atoms in total. The summed E-state index contributed by atoms with van der Waals surface area (Å²) in [6.45, 7) is 1.80. The van der Waals surface area contributed by atoms with Crippen LogP contribution in [0.3, 0.4) is 0 Å². The minimum absolute atomic E-state index is 0.0949. The second-order valence-corrected chi connectivity index (χ2v) is 6.30. The average molecular weight is 307 g/mol. The van der Waals surface area contributed by atoms with Crippen LogP contribution in [0.25, 0.3) is 0 Å². The third kappa shape index (κ3) is 3.10. The van der Waals surface area contributed by atoms with Crippen LogP contribution >= 0.6 is 11.6 Å². The van der Waals surface area contributed by atoms with E-state index in [0.717, 1.165) is 5.56 Å². The maximum absolute atomic E-state index is 12.2. The van der Waals surface area contributed by atoms with E-state index in [1.54, 1.807) is 25.1 Å². The lowest BCUT2D eigenvalue weighted by Gasteiger charge is -2.09. The topological polar surface area (TPSA) is 70.0 Å². The number of hydrogen-bond donors (Lipinski definition) is 1. The molecule has 1 N–H and O–H groups in total. The zero-order valence-corrected chi connectivity index (χ0v) is 12.2. The summed E-state index contributed by atoms with van der Waals surface area (Å²) in [5, 5.41) is 9.09. The molecular weight excluding hydrogens is 296 g/mol. The Hall–Kier alpha value is -2.03. The fourth-order valence-corrected chi connectivity index (χ4v) is 2.90. The lowest BCUT2D eigenvalue weighted by Crippen LogP contribution is -2.13. The van der Waals surface area contributed by atoms with Gasteiger partial charge >= 0.3 is 0 Å². The first-order chi connectivity index (χ1) is 9.42. The van der Waals surface area contributed by atoms with Crippen LogP contribution in [-0.2, 0) is 10.0 Å². The van der Waals surface area contributed by atoms with Crippen molar-refractivity contribution in [2.45, 2.75) is 11.8 Å². The average Bonchev–Trinajstić information content (AvgIpc) is 2.42. The molecular formula is C14H11ClN2O2S. The Kier molecular flexibility index (Phi) is 3.98. The van der Waals surface area contributed by atoms with Gasteiger partial charge in [0, 0.05) is 10.7 Å². The Morgan fingerprint density at radius 3 is 2.35 bits per heavy atom. The van der Waals surface area contributed by atoms with Crippen LogP contribution in [0.2, 0.25) is 5.02 Å². The summed E-state index contributed by atoms with van der Waals surface area (Å²) in [7, 11) is -3.69. The maximum atomic E-state index is 12.2. The van der Waals surface area contributed by atoms with Crippen molar-refractivity contribution in [1.29, 1.82) is 5.26 Å². The van der Waals surface area contributed by atoms with Gasteiger partial charge in [-0.3, -0.25) is 4.72 Å². The molecule has 0 amide bonds. The van der Waals surface area contributed by atoms with E-state index in [1.165, 1.54) is 24.3 Å². The van der Waals surface area contributed by atoms with E-state index in [1.807, 2.05) is 6.07 Å². The zero-order valence-electron chi connectivity index (χ0n) is 10.6. The predicted molar refractivity (Wildman–Crippen MR) is 78.2 cm³/mol. The van der Waals surface area contributed by atoms with Crippen molar-refractivity contribution in [3.8, 4) is 6.07 Å². The molecule has 102 valence electrons. The zero-order chi connectivity index (χ0) is 14.8. The number of nitrogens with one attached hydrogen (secondary N) is 1. The van der Waals surface area contributed by atoms with Crippen molar-refractivity contribution in [1.82, 2.24) is 0 Å². The van der Waals surface area contributed by atoms with Crippen molar-refractivity contribution in [3.63, 3.8) is 0 Å². The number of halogens is 1. The molecule has 2 aromatic carbocycles. The van der Waals surface area contributed by atoms with Gasteiger partial charge in [0.15, 0.2) is 0 Å². The van der Waals surface area contributed by atoms with Gasteiger partial charge in [0.1, 0.15) is 0 Å². The van der Waals surface area contributed by atoms with E-state index in [-0.39, 0.29) is 4.90 Å². The third-order valence-electron chi connectivity index (χ3n) is 2.72. The van der Waals surface area contributed by atoms with E-state index < -0.39 is 10.0 Å². The Morgan fingerprint density at radius 2 is 1.80 bits per heavy atom. The number of nitrogens with zero attached hydrogens (tertiary/aromatic N) is 1. The molecule has 0 spiro atoms. The Morgan fingerprint density at radius 1 is 1.15 bits per heavy atom. The van der Waals surface area contributed by atoms with Gasteiger partial charge in [-0.2, -0.15) is 5.26 Å². The number of sulfonamides is 1. The van der Waals surface area contributed by atoms with Gasteiger partial charge < -0.3 is 0 Å². The van der Waals surface area contributed by atoms with Crippen LogP contribution in [0, 0.1) is 18.3 Å². The van der Waals surface area contributed by atoms with E-state index in [0.29, 0.717) is 16.3 Å². The number of hydrogen-bond acceptors (Lipinski definition) is 3. The summed E-state index contributed by atoms with van der Waals surface area (Å²) >= 11 is 5.93. The molecule has 0 radical (unpaired) electrons. The first kappa shape index (κ1) is 14.4. The van der Waals surface area contributed by atoms with Crippen molar-refractivity contribution < 1.29 is 8.42 Å². The second kappa shape index (κ2) is 5.53. The summed E-state index contributed by atoms with van der Waals surface area (Å²) in [4.78, 5) is 0.0949. The number of benzene rings is 2. The summed E-state index contributed by atoms with van der Waals surface area (Å²) in [6, 6.07) is 12.7. The molecule has 6 heteroatoms. The van der Waals surface area contributed by atoms with Gasteiger partial charge in [0.2, 0.25) is 0 Å². The summed E-state index contributed by atoms with van der Waals surface area (Å²) in [6.07, 6.45) is 0. The minimum atomic E-state index is -3.69. The van der Waals surface area contributed by atoms with Crippen LogP contribution in [0.1, 0.15) is 11.1 Å². The molecule has 0 saturated heterocycles. The highest BCUT2D eigenvalue weighted by atomic mass is 35.5. The summed E-state index contributed by atoms with van der Waals surface area (Å²) in [5.74, 6) is 0. The van der Waals surface area contributed by atoms with Gasteiger partial charge in [-0.05, 0) is 48.9 Å². The summed E-state index contributed by atoms with van der Waals surface area (Å²) < 4.78 is 26.8. The van der Waals surface area contributed by atoms with E-state index in [9.17, 15) is 8.42 Å². The first-order valence-corrected chi connectivity index (χ1v) is 7.57. The van der Waals surface area contributed by atoms with E-state index >= 15 is 0 Å². The molecule has 0 unspecified atom stereocenters. The van der Waals surface area contributed by atoms with E-state index in [4.69, 9.17) is 16.9 Å². The molecule has 0 bridgehead atoms. The van der Waals surface area contributed by atoms with Gasteiger partial charge in [0.25, 0.3) is 10.0 Å².